The van der Waals surface area contributed by atoms with Crippen LogP contribution in [0.15, 0.2) is 36.4 Å². The second-order valence-electron chi connectivity index (χ2n) is 7.16. The number of nitrogens with zero attached hydrogens (tertiary/aromatic N) is 2. The molecule has 2 N–H and O–H groups in total. The maximum Gasteiger partial charge on any atom is 0.290 e. The molecule has 1 atom stereocenters. The van der Waals surface area contributed by atoms with Gasteiger partial charge < -0.3 is 19.7 Å². The van der Waals surface area contributed by atoms with Crippen LogP contribution in [-0.4, -0.2) is 85.0 Å². The summed E-state index contributed by atoms with van der Waals surface area (Å²) in [7, 11) is 0. The van der Waals surface area contributed by atoms with Gasteiger partial charge in [-0.2, -0.15) is 0 Å². The van der Waals surface area contributed by atoms with E-state index in [4.69, 9.17) is 29.3 Å². The van der Waals surface area contributed by atoms with Gasteiger partial charge in [-0.15, -0.1) is 0 Å². The Kier molecular flexibility index (Phi) is 14.8. The molecule has 0 bridgehead atoms. The molecule has 0 spiro atoms. The summed E-state index contributed by atoms with van der Waals surface area (Å²) in [5.74, 6) is 1.05. The minimum absolute atomic E-state index is 0.250. The number of carbonyl (C=O) groups is 2. The Bertz CT molecular complexity index is 628. The van der Waals surface area contributed by atoms with Crippen molar-refractivity contribution in [3.63, 3.8) is 0 Å². The molecule has 2 aliphatic heterocycles. The molecule has 1 aromatic rings. The standard InChI is InChI=1S/C21H32N2O2.2CH2O2/c1-2-20-9-7-12-23(20)18-19-8-3-4-10-21(19)25-15-6-5-11-22-13-16-24-17-14-22;2*2-1-3/h3-4,7-10,20H,2,5-6,11-18H2,1H3;2*1H,(H,2,3). The van der Waals surface area contributed by atoms with Crippen molar-refractivity contribution in [3.05, 3.63) is 42.0 Å². The van der Waals surface area contributed by atoms with E-state index in [2.05, 4.69) is 53.1 Å². The lowest BCUT2D eigenvalue weighted by Crippen LogP contribution is -2.36. The van der Waals surface area contributed by atoms with Gasteiger partial charge >= 0.3 is 0 Å². The van der Waals surface area contributed by atoms with E-state index < -0.39 is 0 Å². The highest BCUT2D eigenvalue weighted by atomic mass is 16.5. The molecular formula is C23H36N2O6. The fourth-order valence-electron chi connectivity index (χ4n) is 3.62. The Morgan fingerprint density at radius 1 is 1.13 bits per heavy atom. The second kappa shape index (κ2) is 17.3. The first-order valence-electron chi connectivity index (χ1n) is 10.8. The minimum atomic E-state index is -0.250. The summed E-state index contributed by atoms with van der Waals surface area (Å²) in [6, 6.07) is 9.08. The molecule has 2 heterocycles. The quantitative estimate of drug-likeness (QED) is 0.346. The van der Waals surface area contributed by atoms with Crippen molar-refractivity contribution in [2.45, 2.75) is 38.8 Å². The van der Waals surface area contributed by atoms with Gasteiger partial charge in [-0.25, -0.2) is 0 Å². The molecule has 174 valence electrons. The first kappa shape index (κ1) is 26.6. The van der Waals surface area contributed by atoms with Crippen LogP contribution in [-0.2, 0) is 20.9 Å². The van der Waals surface area contributed by atoms with Crippen molar-refractivity contribution in [2.75, 3.05) is 46.0 Å². The van der Waals surface area contributed by atoms with Gasteiger partial charge in [0.2, 0.25) is 0 Å². The van der Waals surface area contributed by atoms with Gasteiger partial charge in [0, 0.05) is 37.8 Å². The highest BCUT2D eigenvalue weighted by Gasteiger charge is 2.19. The molecule has 8 heteroatoms. The van der Waals surface area contributed by atoms with E-state index in [0.29, 0.717) is 6.04 Å². The lowest BCUT2D eigenvalue weighted by Gasteiger charge is -2.26. The molecule has 0 aliphatic carbocycles. The van der Waals surface area contributed by atoms with Crippen LogP contribution in [0.2, 0.25) is 0 Å². The largest absolute Gasteiger partial charge is 0.493 e. The number of hydrogen-bond acceptors (Lipinski definition) is 6. The van der Waals surface area contributed by atoms with Gasteiger partial charge in [0.15, 0.2) is 0 Å². The van der Waals surface area contributed by atoms with Gasteiger partial charge in [0.05, 0.1) is 19.8 Å². The van der Waals surface area contributed by atoms with Crippen molar-refractivity contribution >= 4 is 12.9 Å². The summed E-state index contributed by atoms with van der Waals surface area (Å²) in [6.45, 7) is 9.65. The Morgan fingerprint density at radius 3 is 2.48 bits per heavy atom. The molecular weight excluding hydrogens is 400 g/mol. The van der Waals surface area contributed by atoms with Crippen LogP contribution in [0, 0.1) is 0 Å². The van der Waals surface area contributed by atoms with E-state index in [1.165, 1.54) is 18.4 Å². The number of unbranched alkanes of at least 4 members (excludes halogenated alkanes) is 1. The van der Waals surface area contributed by atoms with Gasteiger partial charge in [-0.05, 0) is 31.9 Å². The number of carboxylic acid groups (broad SMARTS) is 2. The van der Waals surface area contributed by atoms with Crippen molar-refractivity contribution < 1.29 is 29.3 Å². The predicted molar refractivity (Wildman–Crippen MR) is 119 cm³/mol. The summed E-state index contributed by atoms with van der Waals surface area (Å²) in [5.41, 5.74) is 1.30. The molecule has 0 amide bonds. The fraction of sp³-hybridized carbons (Fsp3) is 0.565. The third-order valence-corrected chi connectivity index (χ3v) is 5.16. The smallest absolute Gasteiger partial charge is 0.290 e. The third-order valence-electron chi connectivity index (χ3n) is 5.16. The zero-order valence-electron chi connectivity index (χ0n) is 18.4. The summed E-state index contributed by atoms with van der Waals surface area (Å²) in [5, 5.41) is 13.8. The summed E-state index contributed by atoms with van der Waals surface area (Å²) in [4.78, 5) is 21.7. The third kappa shape index (κ3) is 11.0. The Labute approximate surface area is 185 Å². The Hall–Kier alpha value is -2.42. The lowest BCUT2D eigenvalue weighted by molar-refractivity contribution is -0.123. The average Bonchev–Trinajstić information content (AvgIpc) is 3.24. The molecule has 3 rings (SSSR count). The normalized spacial score (nSPS) is 18.3. The Balaban J connectivity index is 0.000000720. The first-order chi connectivity index (χ1) is 15.2. The zero-order valence-corrected chi connectivity index (χ0v) is 18.4. The van der Waals surface area contributed by atoms with Crippen LogP contribution < -0.4 is 4.74 Å². The number of para-hydroxylation sites is 1. The van der Waals surface area contributed by atoms with Gasteiger partial charge in [-0.3, -0.25) is 19.4 Å². The predicted octanol–water partition coefficient (Wildman–Crippen LogP) is 2.73. The van der Waals surface area contributed by atoms with E-state index in [-0.39, 0.29) is 12.9 Å². The van der Waals surface area contributed by atoms with E-state index in [1.807, 2.05) is 0 Å². The number of ether oxygens (including phenoxy) is 2. The summed E-state index contributed by atoms with van der Waals surface area (Å²) in [6.07, 6.45) is 8.07. The van der Waals surface area contributed by atoms with Crippen molar-refractivity contribution in [3.8, 4) is 5.75 Å². The Morgan fingerprint density at radius 2 is 1.81 bits per heavy atom. The van der Waals surface area contributed by atoms with Crippen LogP contribution >= 0.6 is 0 Å². The molecule has 1 saturated heterocycles. The SMILES string of the molecule is CCC1C=CCN1Cc1ccccc1OCCCCN1CCOCC1.O=CO.O=CO. The molecule has 1 aromatic carbocycles. The van der Waals surface area contributed by atoms with Crippen LogP contribution in [0.25, 0.3) is 0 Å². The van der Waals surface area contributed by atoms with Crippen LogP contribution in [0.3, 0.4) is 0 Å². The first-order valence-corrected chi connectivity index (χ1v) is 10.8. The molecule has 0 radical (unpaired) electrons. The lowest BCUT2D eigenvalue weighted by atomic mass is 10.1. The zero-order chi connectivity index (χ0) is 22.7. The van der Waals surface area contributed by atoms with Crippen LogP contribution in [0.5, 0.6) is 5.75 Å². The average molecular weight is 437 g/mol. The van der Waals surface area contributed by atoms with Gasteiger partial charge in [-0.1, -0.05) is 37.3 Å². The van der Waals surface area contributed by atoms with E-state index in [0.717, 1.165) is 64.7 Å². The van der Waals surface area contributed by atoms with Crippen molar-refractivity contribution in [1.29, 1.82) is 0 Å². The monoisotopic (exact) mass is 436 g/mol. The minimum Gasteiger partial charge on any atom is -0.493 e. The summed E-state index contributed by atoms with van der Waals surface area (Å²) < 4.78 is 11.5. The highest BCUT2D eigenvalue weighted by molar-refractivity contribution is 5.34. The van der Waals surface area contributed by atoms with Crippen LogP contribution in [0.1, 0.15) is 31.7 Å². The molecule has 2 aliphatic rings. The molecule has 1 fully saturated rings. The number of hydrogen-bond donors (Lipinski definition) is 2. The molecule has 1 unspecified atom stereocenters. The maximum absolute atomic E-state index is 8.36. The van der Waals surface area contributed by atoms with E-state index in [1.54, 1.807) is 0 Å². The molecule has 31 heavy (non-hydrogen) atoms. The molecule has 0 aromatic heterocycles. The van der Waals surface area contributed by atoms with Crippen molar-refractivity contribution in [1.82, 2.24) is 9.80 Å². The molecule has 0 saturated carbocycles. The van der Waals surface area contributed by atoms with Gasteiger partial charge in [0.1, 0.15) is 5.75 Å². The summed E-state index contributed by atoms with van der Waals surface area (Å²) >= 11 is 0. The van der Waals surface area contributed by atoms with E-state index >= 15 is 0 Å². The maximum atomic E-state index is 8.36. The van der Waals surface area contributed by atoms with E-state index in [9.17, 15) is 0 Å². The molecule has 8 nitrogen and oxygen atoms in total. The topological polar surface area (TPSA) is 99.5 Å². The van der Waals surface area contributed by atoms with Crippen LogP contribution in [0.4, 0.5) is 0 Å². The second-order valence-corrected chi connectivity index (χ2v) is 7.16. The highest BCUT2D eigenvalue weighted by Crippen LogP contribution is 2.23. The number of benzene rings is 1. The van der Waals surface area contributed by atoms with Gasteiger partial charge in [0.25, 0.3) is 12.9 Å². The van der Waals surface area contributed by atoms with Crippen molar-refractivity contribution in [2.24, 2.45) is 0 Å². The number of morpholine rings is 1. The fourth-order valence-corrected chi connectivity index (χ4v) is 3.62. The number of rotatable bonds is 9.